The maximum Gasteiger partial charge on any atom is 0.193 e. The van der Waals surface area contributed by atoms with Crippen LogP contribution in [0.1, 0.15) is 21.6 Å². The summed E-state index contributed by atoms with van der Waals surface area (Å²) < 4.78 is 7.40. The number of ketones is 1. The molecule has 0 radical (unpaired) electrons. The van der Waals surface area contributed by atoms with E-state index in [-0.39, 0.29) is 5.78 Å². The molecule has 0 aliphatic carbocycles. The average Bonchev–Trinajstić information content (AvgIpc) is 3.19. The number of nitrogens with zero attached hydrogens (tertiary/aromatic N) is 2. The molecule has 0 bridgehead atoms. The third-order valence-electron chi connectivity index (χ3n) is 4.69. The molecule has 1 heterocycles. The fourth-order valence-corrected chi connectivity index (χ4v) is 3.20. The smallest absolute Gasteiger partial charge is 0.193 e. The average molecular weight is 368 g/mol. The molecular formula is C24H20N2O2. The summed E-state index contributed by atoms with van der Waals surface area (Å²) in [5.41, 5.74) is 5.21. The van der Waals surface area contributed by atoms with Gasteiger partial charge >= 0.3 is 0 Å². The summed E-state index contributed by atoms with van der Waals surface area (Å²) in [6, 6.07) is 23.3. The van der Waals surface area contributed by atoms with Crippen molar-refractivity contribution in [1.82, 2.24) is 9.55 Å². The Bertz CT molecular complexity index is 1110. The van der Waals surface area contributed by atoms with Gasteiger partial charge in [-0.25, -0.2) is 4.98 Å². The summed E-state index contributed by atoms with van der Waals surface area (Å²) in [5.74, 6) is 0.593. The molecule has 0 spiro atoms. The number of aryl methyl sites for hydroxylation is 1. The van der Waals surface area contributed by atoms with Gasteiger partial charge in [-0.2, -0.15) is 0 Å². The number of hydrogen-bond donors (Lipinski definition) is 0. The van der Waals surface area contributed by atoms with E-state index in [9.17, 15) is 4.79 Å². The van der Waals surface area contributed by atoms with Crippen molar-refractivity contribution in [1.29, 1.82) is 0 Å². The van der Waals surface area contributed by atoms with Gasteiger partial charge in [0.05, 0.1) is 24.8 Å². The van der Waals surface area contributed by atoms with Crippen LogP contribution in [0.3, 0.4) is 0 Å². The molecule has 28 heavy (non-hydrogen) atoms. The van der Waals surface area contributed by atoms with E-state index in [0.717, 1.165) is 22.5 Å². The van der Waals surface area contributed by atoms with Crippen LogP contribution in [0.5, 0.6) is 5.75 Å². The number of aromatic nitrogens is 2. The third-order valence-corrected chi connectivity index (χ3v) is 4.69. The van der Waals surface area contributed by atoms with Gasteiger partial charge in [-0.15, -0.1) is 0 Å². The number of carbonyl (C=O) groups is 1. The highest BCUT2D eigenvalue weighted by Crippen LogP contribution is 2.26. The van der Waals surface area contributed by atoms with Crippen molar-refractivity contribution in [3.05, 3.63) is 102 Å². The van der Waals surface area contributed by atoms with E-state index in [0.29, 0.717) is 16.9 Å². The van der Waals surface area contributed by atoms with Gasteiger partial charge in [0.25, 0.3) is 0 Å². The molecule has 0 amide bonds. The number of rotatable bonds is 5. The SMILES string of the molecule is COc1cc(C(=O)c2ccc(-c3ccccc3)cc2)ccc1-n1cnc(C)c1. The number of hydrogen-bond acceptors (Lipinski definition) is 3. The standard InChI is InChI=1S/C24H20N2O2/c1-17-15-26(16-25-17)22-13-12-21(14-23(22)28-2)24(27)20-10-8-19(9-11-20)18-6-4-3-5-7-18/h3-16H,1-2H3. The van der Waals surface area contributed by atoms with Crippen molar-refractivity contribution in [3.63, 3.8) is 0 Å². The van der Waals surface area contributed by atoms with Crippen molar-refractivity contribution >= 4 is 5.78 Å². The van der Waals surface area contributed by atoms with Gasteiger partial charge in [0, 0.05) is 17.3 Å². The molecule has 4 nitrogen and oxygen atoms in total. The molecule has 0 atom stereocenters. The van der Waals surface area contributed by atoms with E-state index < -0.39 is 0 Å². The number of benzene rings is 3. The van der Waals surface area contributed by atoms with Crippen LogP contribution in [-0.4, -0.2) is 22.4 Å². The molecule has 0 unspecified atom stereocenters. The molecule has 0 aliphatic heterocycles. The molecule has 138 valence electrons. The first-order valence-electron chi connectivity index (χ1n) is 9.05. The van der Waals surface area contributed by atoms with Crippen molar-refractivity contribution < 1.29 is 9.53 Å². The van der Waals surface area contributed by atoms with Crippen molar-refractivity contribution in [2.75, 3.05) is 7.11 Å². The first-order valence-corrected chi connectivity index (χ1v) is 9.05. The molecule has 0 saturated carbocycles. The van der Waals surface area contributed by atoms with Gasteiger partial charge in [0.2, 0.25) is 0 Å². The van der Waals surface area contributed by atoms with E-state index in [4.69, 9.17) is 4.74 Å². The topological polar surface area (TPSA) is 44.1 Å². The molecule has 0 N–H and O–H groups in total. The quantitative estimate of drug-likeness (QED) is 0.461. The zero-order chi connectivity index (χ0) is 19.5. The zero-order valence-corrected chi connectivity index (χ0v) is 15.8. The van der Waals surface area contributed by atoms with Crippen molar-refractivity contribution in [2.45, 2.75) is 6.92 Å². The summed E-state index contributed by atoms with van der Waals surface area (Å²) in [4.78, 5) is 17.2. The molecule has 0 saturated heterocycles. The highest BCUT2D eigenvalue weighted by Gasteiger charge is 2.14. The minimum atomic E-state index is -0.0359. The maximum atomic E-state index is 12.9. The van der Waals surface area contributed by atoms with Crippen LogP contribution < -0.4 is 4.74 Å². The maximum absolute atomic E-state index is 12.9. The molecule has 3 aromatic carbocycles. The van der Waals surface area contributed by atoms with E-state index in [2.05, 4.69) is 17.1 Å². The van der Waals surface area contributed by atoms with E-state index in [1.54, 1.807) is 19.5 Å². The number of imidazole rings is 1. The van der Waals surface area contributed by atoms with Crippen LogP contribution in [0.2, 0.25) is 0 Å². The fourth-order valence-electron chi connectivity index (χ4n) is 3.20. The lowest BCUT2D eigenvalue weighted by molar-refractivity contribution is 0.103. The van der Waals surface area contributed by atoms with Crippen LogP contribution in [0, 0.1) is 6.92 Å². The summed E-state index contributed by atoms with van der Waals surface area (Å²) >= 11 is 0. The Morgan fingerprint density at radius 3 is 2.21 bits per heavy atom. The number of carbonyl (C=O) groups excluding carboxylic acids is 1. The van der Waals surface area contributed by atoms with E-state index >= 15 is 0 Å². The Morgan fingerprint density at radius 1 is 0.893 bits per heavy atom. The zero-order valence-electron chi connectivity index (χ0n) is 15.8. The summed E-state index contributed by atoms with van der Waals surface area (Å²) in [6.45, 7) is 1.93. The molecular weight excluding hydrogens is 348 g/mol. The second kappa shape index (κ2) is 7.53. The van der Waals surface area contributed by atoms with Crippen LogP contribution in [0.4, 0.5) is 0 Å². The molecule has 4 aromatic rings. The summed E-state index contributed by atoms with van der Waals surface area (Å²) in [6.07, 6.45) is 3.65. The second-order valence-corrected chi connectivity index (χ2v) is 6.58. The van der Waals surface area contributed by atoms with Gasteiger partial charge in [-0.1, -0.05) is 54.6 Å². The van der Waals surface area contributed by atoms with Crippen LogP contribution in [0.25, 0.3) is 16.8 Å². The predicted molar refractivity (Wildman–Crippen MR) is 110 cm³/mol. The van der Waals surface area contributed by atoms with Crippen molar-refractivity contribution in [3.8, 4) is 22.6 Å². The third kappa shape index (κ3) is 3.45. The normalized spacial score (nSPS) is 10.6. The minimum Gasteiger partial charge on any atom is -0.495 e. The van der Waals surface area contributed by atoms with Gasteiger partial charge in [0.1, 0.15) is 5.75 Å². The lowest BCUT2D eigenvalue weighted by atomic mass is 9.99. The monoisotopic (exact) mass is 368 g/mol. The Hall–Kier alpha value is -3.66. The first kappa shape index (κ1) is 17.7. The Balaban J connectivity index is 1.63. The Morgan fingerprint density at radius 2 is 1.57 bits per heavy atom. The van der Waals surface area contributed by atoms with Crippen LogP contribution in [-0.2, 0) is 0 Å². The van der Waals surface area contributed by atoms with Crippen LogP contribution >= 0.6 is 0 Å². The minimum absolute atomic E-state index is 0.0359. The molecule has 1 aromatic heterocycles. The van der Waals surface area contributed by atoms with Gasteiger partial charge in [-0.05, 0) is 36.2 Å². The summed E-state index contributed by atoms with van der Waals surface area (Å²) in [5, 5.41) is 0. The van der Waals surface area contributed by atoms with Crippen molar-refractivity contribution in [2.24, 2.45) is 0 Å². The Labute approximate surface area is 164 Å². The van der Waals surface area contributed by atoms with E-state index in [1.165, 1.54) is 0 Å². The molecule has 4 heteroatoms. The fraction of sp³-hybridized carbons (Fsp3) is 0.0833. The Kier molecular flexibility index (Phi) is 4.77. The summed E-state index contributed by atoms with van der Waals surface area (Å²) in [7, 11) is 1.60. The van der Waals surface area contributed by atoms with Crippen LogP contribution in [0.15, 0.2) is 85.3 Å². The molecule has 4 rings (SSSR count). The predicted octanol–water partition coefficient (Wildman–Crippen LogP) is 5.09. The lowest BCUT2D eigenvalue weighted by Gasteiger charge is -2.11. The number of methoxy groups -OCH3 is 1. The number of ether oxygens (including phenoxy) is 1. The lowest BCUT2D eigenvalue weighted by Crippen LogP contribution is -2.03. The van der Waals surface area contributed by atoms with Gasteiger partial charge in [-0.3, -0.25) is 4.79 Å². The van der Waals surface area contributed by atoms with E-state index in [1.807, 2.05) is 72.3 Å². The highest BCUT2D eigenvalue weighted by atomic mass is 16.5. The second-order valence-electron chi connectivity index (χ2n) is 6.58. The van der Waals surface area contributed by atoms with Gasteiger partial charge in [0.15, 0.2) is 5.78 Å². The first-order chi connectivity index (χ1) is 13.7. The molecule has 0 fully saturated rings. The molecule has 0 aliphatic rings. The highest BCUT2D eigenvalue weighted by molar-refractivity contribution is 6.09. The largest absolute Gasteiger partial charge is 0.495 e. The van der Waals surface area contributed by atoms with Gasteiger partial charge < -0.3 is 9.30 Å².